The smallest absolute Gasteiger partial charge is 0.240 e. The number of nitrogens with one attached hydrogen (secondary N) is 1. The fraction of sp³-hybridized carbons (Fsp3) is 0.692. The topological polar surface area (TPSA) is 53.4 Å². The van der Waals surface area contributed by atoms with Gasteiger partial charge in [0, 0.05) is 53.0 Å². The Kier molecular flexibility index (Phi) is 4.55. The molecule has 1 N–H and O–H groups in total. The molecule has 6 heteroatoms. The number of hydrogen-bond acceptors (Lipinski definition) is 4. The molecular formula is C13H23N5O. The number of hydrogen-bond donors (Lipinski definition) is 1. The van der Waals surface area contributed by atoms with Crippen LogP contribution in [0.25, 0.3) is 0 Å². The number of aromatic nitrogens is 2. The highest BCUT2D eigenvalue weighted by Gasteiger charge is 2.30. The van der Waals surface area contributed by atoms with Gasteiger partial charge in [0.15, 0.2) is 0 Å². The SMILES string of the molecule is CCn1cncc1CN1CCNCC1C(=O)N(C)C. The van der Waals surface area contributed by atoms with Crippen LogP contribution in [0.15, 0.2) is 12.5 Å². The van der Waals surface area contributed by atoms with Gasteiger partial charge in [0.1, 0.15) is 6.04 Å². The molecule has 0 bridgehead atoms. The molecule has 2 rings (SSSR count). The maximum atomic E-state index is 12.2. The average Bonchev–Trinajstić information content (AvgIpc) is 2.85. The Morgan fingerprint density at radius 1 is 1.58 bits per heavy atom. The molecule has 1 atom stereocenters. The van der Waals surface area contributed by atoms with Gasteiger partial charge in [-0.15, -0.1) is 0 Å². The molecule has 6 nitrogen and oxygen atoms in total. The van der Waals surface area contributed by atoms with E-state index in [9.17, 15) is 4.79 Å². The van der Waals surface area contributed by atoms with Gasteiger partial charge in [-0.1, -0.05) is 0 Å². The highest BCUT2D eigenvalue weighted by atomic mass is 16.2. The normalized spacial score (nSPS) is 20.5. The summed E-state index contributed by atoms with van der Waals surface area (Å²) in [6.45, 7) is 6.33. The molecule has 0 radical (unpaired) electrons. The van der Waals surface area contributed by atoms with Gasteiger partial charge in [0.05, 0.1) is 12.0 Å². The van der Waals surface area contributed by atoms with E-state index in [-0.39, 0.29) is 11.9 Å². The molecule has 0 spiro atoms. The van der Waals surface area contributed by atoms with Crippen LogP contribution in [0, 0.1) is 0 Å². The minimum atomic E-state index is -0.0797. The lowest BCUT2D eigenvalue weighted by Crippen LogP contribution is -2.57. The summed E-state index contributed by atoms with van der Waals surface area (Å²) in [5, 5.41) is 3.30. The molecular weight excluding hydrogens is 242 g/mol. The number of likely N-dealkylation sites (N-methyl/N-ethyl adjacent to an activating group) is 1. The van der Waals surface area contributed by atoms with Crippen molar-refractivity contribution in [2.45, 2.75) is 26.1 Å². The molecule has 1 aromatic heterocycles. The van der Waals surface area contributed by atoms with E-state index in [2.05, 4.69) is 26.7 Å². The molecule has 1 aliphatic heterocycles. The van der Waals surface area contributed by atoms with E-state index in [1.807, 2.05) is 26.6 Å². The van der Waals surface area contributed by atoms with Crippen LogP contribution < -0.4 is 5.32 Å². The summed E-state index contributed by atoms with van der Waals surface area (Å²) in [6.07, 6.45) is 3.74. The molecule has 0 aromatic carbocycles. The first kappa shape index (κ1) is 14.0. The van der Waals surface area contributed by atoms with E-state index in [0.717, 1.165) is 32.7 Å². The lowest BCUT2D eigenvalue weighted by atomic mass is 10.1. The van der Waals surface area contributed by atoms with Gasteiger partial charge in [-0.05, 0) is 6.92 Å². The second-order valence-electron chi connectivity index (χ2n) is 5.09. The van der Waals surface area contributed by atoms with Crippen molar-refractivity contribution in [3.63, 3.8) is 0 Å². The summed E-state index contributed by atoms with van der Waals surface area (Å²) in [7, 11) is 3.62. The van der Waals surface area contributed by atoms with Crippen LogP contribution in [0.4, 0.5) is 0 Å². The largest absolute Gasteiger partial charge is 0.347 e. The second kappa shape index (κ2) is 6.16. The van der Waals surface area contributed by atoms with Gasteiger partial charge in [-0.2, -0.15) is 0 Å². The Hall–Kier alpha value is -1.40. The van der Waals surface area contributed by atoms with Crippen LogP contribution in [-0.2, 0) is 17.9 Å². The van der Waals surface area contributed by atoms with Gasteiger partial charge >= 0.3 is 0 Å². The summed E-state index contributed by atoms with van der Waals surface area (Å²) in [5.41, 5.74) is 1.17. The number of imidazole rings is 1. The summed E-state index contributed by atoms with van der Waals surface area (Å²) >= 11 is 0. The van der Waals surface area contributed by atoms with Crippen LogP contribution in [0.1, 0.15) is 12.6 Å². The molecule has 1 amide bonds. The van der Waals surface area contributed by atoms with Crippen molar-refractivity contribution in [1.82, 2.24) is 24.7 Å². The van der Waals surface area contributed by atoms with E-state index in [0.29, 0.717) is 0 Å². The lowest BCUT2D eigenvalue weighted by Gasteiger charge is -2.36. The number of carbonyl (C=O) groups excluding carboxylic acids is 1. The number of aryl methyl sites for hydroxylation is 1. The minimum Gasteiger partial charge on any atom is -0.347 e. The molecule has 1 aliphatic rings. The average molecular weight is 265 g/mol. The Labute approximate surface area is 114 Å². The Bertz CT molecular complexity index is 428. The van der Waals surface area contributed by atoms with Crippen molar-refractivity contribution in [2.75, 3.05) is 33.7 Å². The predicted octanol–water partition coefficient (Wildman–Crippen LogP) is -0.235. The van der Waals surface area contributed by atoms with Crippen molar-refractivity contribution in [3.8, 4) is 0 Å². The van der Waals surface area contributed by atoms with Crippen LogP contribution in [0.5, 0.6) is 0 Å². The van der Waals surface area contributed by atoms with Crippen molar-refractivity contribution in [1.29, 1.82) is 0 Å². The zero-order chi connectivity index (χ0) is 13.8. The summed E-state index contributed by atoms with van der Waals surface area (Å²) in [6, 6.07) is -0.0797. The van der Waals surface area contributed by atoms with Crippen LogP contribution >= 0.6 is 0 Å². The quantitative estimate of drug-likeness (QED) is 0.817. The van der Waals surface area contributed by atoms with Crippen molar-refractivity contribution in [3.05, 3.63) is 18.2 Å². The van der Waals surface area contributed by atoms with Crippen molar-refractivity contribution < 1.29 is 4.79 Å². The summed E-state index contributed by atoms with van der Waals surface area (Å²) < 4.78 is 2.12. The fourth-order valence-electron chi connectivity index (χ4n) is 2.45. The van der Waals surface area contributed by atoms with E-state index < -0.39 is 0 Å². The van der Waals surface area contributed by atoms with Crippen LogP contribution in [-0.4, -0.2) is 65.0 Å². The molecule has 1 aromatic rings. The molecule has 19 heavy (non-hydrogen) atoms. The molecule has 0 aliphatic carbocycles. The highest BCUT2D eigenvalue weighted by molar-refractivity contribution is 5.81. The summed E-state index contributed by atoms with van der Waals surface area (Å²) in [4.78, 5) is 20.3. The van der Waals surface area contributed by atoms with Crippen LogP contribution in [0.3, 0.4) is 0 Å². The van der Waals surface area contributed by atoms with E-state index >= 15 is 0 Å². The number of carbonyl (C=O) groups is 1. The van der Waals surface area contributed by atoms with Crippen LogP contribution in [0.2, 0.25) is 0 Å². The second-order valence-corrected chi connectivity index (χ2v) is 5.09. The molecule has 1 saturated heterocycles. The third kappa shape index (κ3) is 3.13. The maximum absolute atomic E-state index is 12.2. The monoisotopic (exact) mass is 265 g/mol. The molecule has 106 valence electrons. The van der Waals surface area contributed by atoms with E-state index in [1.165, 1.54) is 5.69 Å². The molecule has 1 unspecified atom stereocenters. The Balaban J connectivity index is 2.10. The van der Waals surface area contributed by atoms with Gasteiger partial charge in [-0.25, -0.2) is 4.98 Å². The van der Waals surface area contributed by atoms with Crippen molar-refractivity contribution in [2.24, 2.45) is 0 Å². The molecule has 1 fully saturated rings. The van der Waals surface area contributed by atoms with Crippen molar-refractivity contribution >= 4 is 5.91 Å². The van der Waals surface area contributed by atoms with Gasteiger partial charge < -0.3 is 14.8 Å². The van der Waals surface area contributed by atoms with Gasteiger partial charge in [0.25, 0.3) is 0 Å². The highest BCUT2D eigenvalue weighted by Crippen LogP contribution is 2.12. The van der Waals surface area contributed by atoms with E-state index in [4.69, 9.17) is 0 Å². The predicted molar refractivity (Wildman–Crippen MR) is 73.7 cm³/mol. The Morgan fingerprint density at radius 3 is 3.05 bits per heavy atom. The number of nitrogens with zero attached hydrogens (tertiary/aromatic N) is 4. The zero-order valence-electron chi connectivity index (χ0n) is 12.0. The van der Waals surface area contributed by atoms with Gasteiger partial charge in [0.2, 0.25) is 5.91 Å². The number of amides is 1. The lowest BCUT2D eigenvalue weighted by molar-refractivity contribution is -0.135. The standard InChI is InChI=1S/C13H23N5O/c1-4-17-10-15-7-11(17)9-18-6-5-14-8-12(18)13(19)16(2)3/h7,10,12,14H,4-6,8-9H2,1-3H3. The summed E-state index contributed by atoms with van der Waals surface area (Å²) in [5.74, 6) is 0.162. The third-order valence-electron chi connectivity index (χ3n) is 3.58. The Morgan fingerprint density at radius 2 is 2.37 bits per heavy atom. The fourth-order valence-corrected chi connectivity index (χ4v) is 2.45. The zero-order valence-corrected chi connectivity index (χ0v) is 12.0. The third-order valence-corrected chi connectivity index (χ3v) is 3.58. The van der Waals surface area contributed by atoms with E-state index in [1.54, 1.807) is 4.90 Å². The number of rotatable bonds is 4. The van der Waals surface area contributed by atoms with Gasteiger partial charge in [-0.3, -0.25) is 9.69 Å². The first-order valence-electron chi connectivity index (χ1n) is 6.78. The number of piperazine rings is 1. The first-order valence-corrected chi connectivity index (χ1v) is 6.78. The molecule has 2 heterocycles. The first-order chi connectivity index (χ1) is 9.13. The minimum absolute atomic E-state index is 0.0797. The maximum Gasteiger partial charge on any atom is 0.240 e. The molecule has 0 saturated carbocycles.